The topological polar surface area (TPSA) is 89.1 Å². The van der Waals surface area contributed by atoms with E-state index in [0.29, 0.717) is 5.03 Å². The lowest BCUT2D eigenvalue weighted by Gasteiger charge is -2.17. The molecule has 1 aromatic heterocycles. The van der Waals surface area contributed by atoms with Gasteiger partial charge in [-0.2, -0.15) is 0 Å². The van der Waals surface area contributed by atoms with Gasteiger partial charge in [0.15, 0.2) is 0 Å². The Hall–Kier alpha value is -1.01. The lowest BCUT2D eigenvalue weighted by molar-refractivity contribution is -0.138. The van der Waals surface area contributed by atoms with Gasteiger partial charge in [-0.05, 0) is 13.8 Å². The number of halogens is 1. The van der Waals surface area contributed by atoms with Crippen LogP contribution in [0.15, 0.2) is 11.1 Å². The van der Waals surface area contributed by atoms with Crippen molar-refractivity contribution < 1.29 is 9.90 Å². The van der Waals surface area contributed by atoms with Crippen molar-refractivity contribution in [3.05, 3.63) is 11.2 Å². The van der Waals surface area contributed by atoms with E-state index in [1.807, 2.05) is 0 Å². The van der Waals surface area contributed by atoms with Gasteiger partial charge in [-0.3, -0.25) is 4.79 Å². The fourth-order valence-electron chi connectivity index (χ4n) is 0.771. The second-order valence-corrected chi connectivity index (χ2v) is 5.33. The smallest absolute Gasteiger partial charge is 0.319 e. The van der Waals surface area contributed by atoms with Crippen molar-refractivity contribution in [1.29, 1.82) is 0 Å². The average molecular weight is 248 g/mol. The van der Waals surface area contributed by atoms with Crippen LogP contribution >= 0.6 is 23.4 Å². The number of carbonyl (C=O) groups is 1. The van der Waals surface area contributed by atoms with Crippen molar-refractivity contribution in [2.24, 2.45) is 0 Å². The molecule has 0 bridgehead atoms. The van der Waals surface area contributed by atoms with Crippen LogP contribution < -0.4 is 5.73 Å². The molecule has 82 valence electrons. The molecule has 0 fully saturated rings. The Morgan fingerprint density at radius 1 is 1.60 bits per heavy atom. The van der Waals surface area contributed by atoms with E-state index in [2.05, 4.69) is 9.97 Å². The summed E-state index contributed by atoms with van der Waals surface area (Å²) in [5, 5.41) is 9.56. The largest absolute Gasteiger partial charge is 0.480 e. The van der Waals surface area contributed by atoms with E-state index in [4.69, 9.17) is 22.4 Å². The predicted molar refractivity (Wildman–Crippen MR) is 59.0 cm³/mol. The van der Waals surface area contributed by atoms with Gasteiger partial charge in [-0.15, -0.1) is 0 Å². The van der Waals surface area contributed by atoms with Crippen LogP contribution in [-0.2, 0) is 4.79 Å². The van der Waals surface area contributed by atoms with Crippen LogP contribution in [0.3, 0.4) is 0 Å². The Kier molecular flexibility index (Phi) is 3.41. The molecule has 1 aromatic rings. The minimum absolute atomic E-state index is 0.0335. The van der Waals surface area contributed by atoms with E-state index in [9.17, 15) is 4.79 Å². The fourth-order valence-corrected chi connectivity index (χ4v) is 1.95. The number of aromatic nitrogens is 2. The third-order valence-corrected chi connectivity index (χ3v) is 2.86. The van der Waals surface area contributed by atoms with Crippen molar-refractivity contribution in [1.82, 2.24) is 9.97 Å². The Balaban J connectivity index is 2.94. The molecule has 0 unspecified atom stereocenters. The van der Waals surface area contributed by atoms with Crippen LogP contribution in [-0.4, -0.2) is 25.8 Å². The summed E-state index contributed by atoms with van der Waals surface area (Å²) in [4.78, 5) is 18.4. The lowest BCUT2D eigenvalue weighted by atomic mass is 10.2. The zero-order chi connectivity index (χ0) is 11.6. The van der Waals surface area contributed by atoms with Gasteiger partial charge in [0.25, 0.3) is 0 Å². The Labute approximate surface area is 96.1 Å². The first-order valence-electron chi connectivity index (χ1n) is 4.04. The molecule has 0 saturated carbocycles. The summed E-state index contributed by atoms with van der Waals surface area (Å²) in [6, 6.07) is 1.48. The van der Waals surface area contributed by atoms with E-state index in [1.54, 1.807) is 13.8 Å². The van der Waals surface area contributed by atoms with Crippen LogP contribution in [0.4, 0.5) is 5.95 Å². The molecule has 7 heteroatoms. The van der Waals surface area contributed by atoms with Crippen molar-refractivity contribution in [3.8, 4) is 0 Å². The first-order chi connectivity index (χ1) is 6.81. The summed E-state index contributed by atoms with van der Waals surface area (Å²) in [5.74, 6) is -0.896. The molecule has 0 spiro atoms. The highest BCUT2D eigenvalue weighted by molar-refractivity contribution is 8.01. The highest BCUT2D eigenvalue weighted by Crippen LogP contribution is 2.32. The van der Waals surface area contributed by atoms with Gasteiger partial charge in [0.05, 0.1) is 0 Å². The quantitative estimate of drug-likeness (QED) is 0.624. The number of nitrogen functional groups attached to an aromatic ring is 1. The molecule has 0 radical (unpaired) electrons. The van der Waals surface area contributed by atoms with E-state index < -0.39 is 10.7 Å². The number of carboxylic acid groups (broad SMARTS) is 1. The number of rotatable bonds is 3. The average Bonchev–Trinajstić information content (AvgIpc) is 1.99. The maximum absolute atomic E-state index is 10.9. The number of hydrogen-bond donors (Lipinski definition) is 2. The summed E-state index contributed by atoms with van der Waals surface area (Å²) >= 11 is 6.73. The van der Waals surface area contributed by atoms with Gasteiger partial charge < -0.3 is 10.8 Å². The van der Waals surface area contributed by atoms with Crippen LogP contribution in [0, 0.1) is 0 Å². The molecule has 0 atom stereocenters. The molecule has 1 heterocycles. The van der Waals surface area contributed by atoms with Crippen molar-refractivity contribution in [2.75, 3.05) is 5.73 Å². The summed E-state index contributed by atoms with van der Waals surface area (Å²) in [6.07, 6.45) is 0. The number of aliphatic carboxylic acids is 1. The van der Waals surface area contributed by atoms with Gasteiger partial charge in [-0.25, -0.2) is 9.97 Å². The van der Waals surface area contributed by atoms with Gasteiger partial charge in [0.2, 0.25) is 5.95 Å². The highest BCUT2D eigenvalue weighted by atomic mass is 35.5. The third kappa shape index (κ3) is 3.24. The SMILES string of the molecule is CC(C)(Sc1cc(Cl)nc(N)n1)C(=O)O. The predicted octanol–water partition coefficient (Wildman–Crippen LogP) is 1.67. The van der Waals surface area contributed by atoms with Gasteiger partial charge >= 0.3 is 5.97 Å². The number of thioether (sulfide) groups is 1. The highest BCUT2D eigenvalue weighted by Gasteiger charge is 2.29. The monoisotopic (exact) mass is 247 g/mol. The van der Waals surface area contributed by atoms with Crippen molar-refractivity contribution in [2.45, 2.75) is 23.6 Å². The van der Waals surface area contributed by atoms with E-state index in [0.717, 1.165) is 11.8 Å². The Morgan fingerprint density at radius 3 is 2.67 bits per heavy atom. The van der Waals surface area contributed by atoms with Gasteiger partial charge in [-0.1, -0.05) is 23.4 Å². The maximum Gasteiger partial charge on any atom is 0.319 e. The molecular weight excluding hydrogens is 238 g/mol. The Bertz CT molecular complexity index is 377. The standard InChI is InChI=1S/C8H10ClN3O2S/c1-8(2,6(13)14)15-5-3-4(9)11-7(10)12-5/h3H,1-2H3,(H,13,14)(H2,10,11,12). The Morgan fingerprint density at radius 2 is 2.20 bits per heavy atom. The summed E-state index contributed by atoms with van der Waals surface area (Å²) in [6.45, 7) is 3.15. The fraction of sp³-hybridized carbons (Fsp3) is 0.375. The minimum Gasteiger partial charge on any atom is -0.480 e. The number of carboxylic acids is 1. The summed E-state index contributed by atoms with van der Waals surface area (Å²) < 4.78 is -0.982. The molecule has 0 aromatic carbocycles. The van der Waals surface area contributed by atoms with E-state index in [-0.39, 0.29) is 11.1 Å². The van der Waals surface area contributed by atoms with Crippen LogP contribution in [0.25, 0.3) is 0 Å². The molecule has 15 heavy (non-hydrogen) atoms. The van der Waals surface area contributed by atoms with Gasteiger partial charge in [0, 0.05) is 6.07 Å². The van der Waals surface area contributed by atoms with Crippen LogP contribution in [0.1, 0.15) is 13.8 Å². The molecule has 5 nitrogen and oxygen atoms in total. The summed E-state index contributed by atoms with van der Waals surface area (Å²) in [7, 11) is 0. The number of hydrogen-bond acceptors (Lipinski definition) is 5. The second-order valence-electron chi connectivity index (χ2n) is 3.30. The number of anilines is 1. The summed E-state index contributed by atoms with van der Waals surface area (Å²) in [5.41, 5.74) is 5.39. The molecule has 0 amide bonds. The minimum atomic E-state index is -0.982. The molecule has 0 aliphatic carbocycles. The lowest BCUT2D eigenvalue weighted by Crippen LogP contribution is -2.27. The maximum atomic E-state index is 10.9. The number of nitrogens with two attached hydrogens (primary N) is 1. The molecule has 0 aliphatic heterocycles. The number of nitrogens with zero attached hydrogens (tertiary/aromatic N) is 2. The zero-order valence-corrected chi connectivity index (χ0v) is 9.76. The first kappa shape index (κ1) is 12.1. The zero-order valence-electron chi connectivity index (χ0n) is 8.19. The molecule has 3 N–H and O–H groups in total. The van der Waals surface area contributed by atoms with Crippen molar-refractivity contribution in [3.63, 3.8) is 0 Å². The normalized spacial score (nSPS) is 11.4. The molecule has 1 rings (SSSR count). The van der Waals surface area contributed by atoms with E-state index >= 15 is 0 Å². The first-order valence-corrected chi connectivity index (χ1v) is 5.23. The van der Waals surface area contributed by atoms with Gasteiger partial charge in [0.1, 0.15) is 14.9 Å². The molecular formula is C8H10ClN3O2S. The third-order valence-electron chi connectivity index (χ3n) is 1.56. The van der Waals surface area contributed by atoms with Crippen LogP contribution in [0.5, 0.6) is 0 Å². The second kappa shape index (κ2) is 4.24. The van der Waals surface area contributed by atoms with Crippen LogP contribution in [0.2, 0.25) is 5.15 Å². The molecule has 0 saturated heterocycles. The van der Waals surface area contributed by atoms with Crippen molar-refractivity contribution >= 4 is 35.3 Å². The molecule has 0 aliphatic rings. The van der Waals surface area contributed by atoms with E-state index in [1.165, 1.54) is 6.07 Å².